The fourth-order valence-electron chi connectivity index (χ4n) is 2.59. The minimum absolute atomic E-state index is 0.0867. The van der Waals surface area contributed by atoms with Crippen LogP contribution in [0.25, 0.3) is 0 Å². The number of benzene rings is 2. The van der Waals surface area contributed by atoms with Crippen molar-refractivity contribution >= 4 is 34.8 Å². The van der Waals surface area contributed by atoms with Crippen LogP contribution in [0.4, 0.5) is 11.4 Å². The lowest BCUT2D eigenvalue weighted by Gasteiger charge is -2.18. The summed E-state index contributed by atoms with van der Waals surface area (Å²) < 4.78 is 5.24. The van der Waals surface area contributed by atoms with Crippen molar-refractivity contribution in [2.24, 2.45) is 0 Å². The van der Waals surface area contributed by atoms with E-state index < -0.39 is 6.04 Å². The number of amides is 2. The van der Waals surface area contributed by atoms with Crippen LogP contribution < -0.4 is 15.0 Å². The van der Waals surface area contributed by atoms with Gasteiger partial charge in [-0.15, -0.1) is 0 Å². The van der Waals surface area contributed by atoms with Crippen LogP contribution >= 0.6 is 11.6 Å². The Morgan fingerprint density at radius 1 is 1.17 bits per heavy atom. The Morgan fingerprint density at radius 2 is 1.96 bits per heavy atom. The molecule has 1 saturated heterocycles. The molecule has 5 nitrogen and oxygen atoms in total. The maximum atomic E-state index is 12.6. The van der Waals surface area contributed by atoms with E-state index in [1.807, 2.05) is 0 Å². The number of hydrogen-bond acceptors (Lipinski definition) is 4. The smallest absolute Gasteiger partial charge is 0.256 e. The van der Waals surface area contributed by atoms with Gasteiger partial charge in [-0.05, 0) is 30.3 Å². The molecule has 0 bridgehead atoms. The highest BCUT2D eigenvalue weighted by atomic mass is 35.5. The first-order valence-corrected chi connectivity index (χ1v) is 7.50. The highest BCUT2D eigenvalue weighted by molar-refractivity contribution is 6.30. The van der Waals surface area contributed by atoms with Crippen molar-refractivity contribution in [1.29, 1.82) is 0 Å². The largest absolute Gasteiger partial charge is 0.495 e. The molecule has 0 saturated carbocycles. The average molecular weight is 331 g/mol. The standard InChI is InChI=1S/C17H15ClN2O3/c1-23-15-8-3-2-7-14(15)20-16(21)10-13(17(20)22)19-12-6-4-5-11(18)9-12/h2-9,13,19H,10H2,1H3/t13-/m0/s1. The number of imide groups is 1. The number of para-hydroxylation sites is 2. The number of rotatable bonds is 4. The van der Waals surface area contributed by atoms with Gasteiger partial charge in [0.15, 0.2) is 0 Å². The molecule has 0 radical (unpaired) electrons. The average Bonchev–Trinajstić information content (AvgIpc) is 2.81. The fourth-order valence-corrected chi connectivity index (χ4v) is 2.78. The minimum Gasteiger partial charge on any atom is -0.495 e. The lowest BCUT2D eigenvalue weighted by Crippen LogP contribution is -2.35. The summed E-state index contributed by atoms with van der Waals surface area (Å²) in [5.41, 5.74) is 1.16. The summed E-state index contributed by atoms with van der Waals surface area (Å²) in [6, 6.07) is 13.4. The van der Waals surface area contributed by atoms with Gasteiger partial charge >= 0.3 is 0 Å². The summed E-state index contributed by atoms with van der Waals surface area (Å²) in [7, 11) is 1.51. The Bertz CT molecular complexity index is 763. The van der Waals surface area contributed by atoms with Crippen molar-refractivity contribution in [3.05, 3.63) is 53.6 Å². The van der Waals surface area contributed by atoms with Gasteiger partial charge in [0.2, 0.25) is 5.91 Å². The fraction of sp³-hybridized carbons (Fsp3) is 0.176. The normalized spacial score (nSPS) is 17.5. The van der Waals surface area contributed by atoms with E-state index in [-0.39, 0.29) is 18.2 Å². The van der Waals surface area contributed by atoms with Gasteiger partial charge in [-0.2, -0.15) is 0 Å². The van der Waals surface area contributed by atoms with Gasteiger partial charge in [0.05, 0.1) is 19.2 Å². The van der Waals surface area contributed by atoms with Crippen LogP contribution in [-0.4, -0.2) is 25.0 Å². The monoisotopic (exact) mass is 330 g/mol. The number of carbonyl (C=O) groups is 2. The van der Waals surface area contributed by atoms with Crippen molar-refractivity contribution in [3.8, 4) is 5.75 Å². The molecule has 1 fully saturated rings. The van der Waals surface area contributed by atoms with E-state index in [2.05, 4.69) is 5.32 Å². The van der Waals surface area contributed by atoms with Crippen molar-refractivity contribution in [2.45, 2.75) is 12.5 Å². The molecule has 0 spiro atoms. The van der Waals surface area contributed by atoms with E-state index in [0.717, 1.165) is 0 Å². The van der Waals surface area contributed by atoms with Crippen molar-refractivity contribution in [3.63, 3.8) is 0 Å². The quantitative estimate of drug-likeness (QED) is 0.875. The predicted octanol–water partition coefficient (Wildman–Crippen LogP) is 3.09. The third-order valence-electron chi connectivity index (χ3n) is 3.64. The molecule has 6 heteroatoms. The van der Waals surface area contributed by atoms with Crippen molar-refractivity contribution in [1.82, 2.24) is 0 Å². The number of hydrogen-bond donors (Lipinski definition) is 1. The van der Waals surface area contributed by atoms with E-state index in [4.69, 9.17) is 16.3 Å². The van der Waals surface area contributed by atoms with Crippen LogP contribution in [0.1, 0.15) is 6.42 Å². The van der Waals surface area contributed by atoms with Gasteiger partial charge in [-0.25, -0.2) is 4.90 Å². The number of ether oxygens (including phenoxy) is 1. The maximum absolute atomic E-state index is 12.6. The van der Waals surface area contributed by atoms with E-state index in [9.17, 15) is 9.59 Å². The zero-order chi connectivity index (χ0) is 16.4. The highest BCUT2D eigenvalue weighted by Gasteiger charge is 2.40. The minimum atomic E-state index is -0.620. The van der Waals surface area contributed by atoms with Gasteiger partial charge in [0, 0.05) is 10.7 Å². The number of methoxy groups -OCH3 is 1. The molecule has 1 atom stereocenters. The highest BCUT2D eigenvalue weighted by Crippen LogP contribution is 2.32. The topological polar surface area (TPSA) is 58.6 Å². The first-order valence-electron chi connectivity index (χ1n) is 7.12. The Hall–Kier alpha value is -2.53. The molecule has 0 unspecified atom stereocenters. The van der Waals surface area contributed by atoms with Crippen LogP contribution in [0.3, 0.4) is 0 Å². The summed E-state index contributed by atoms with van der Waals surface area (Å²) >= 11 is 5.94. The Labute approximate surface area is 138 Å². The van der Waals surface area contributed by atoms with Crippen LogP contribution in [0.5, 0.6) is 5.75 Å². The summed E-state index contributed by atoms with van der Waals surface area (Å²) in [5.74, 6) is -0.0869. The molecule has 3 rings (SSSR count). The third kappa shape index (κ3) is 3.00. The second-order valence-corrected chi connectivity index (χ2v) is 5.59. The molecule has 23 heavy (non-hydrogen) atoms. The molecular weight excluding hydrogens is 316 g/mol. The maximum Gasteiger partial charge on any atom is 0.256 e. The summed E-state index contributed by atoms with van der Waals surface area (Å²) in [4.78, 5) is 26.1. The third-order valence-corrected chi connectivity index (χ3v) is 3.87. The molecule has 2 aromatic rings. The Morgan fingerprint density at radius 3 is 2.70 bits per heavy atom. The summed E-state index contributed by atoms with van der Waals surface area (Å²) in [6.07, 6.45) is 0.0867. The van der Waals surface area contributed by atoms with Crippen LogP contribution in [0, 0.1) is 0 Å². The zero-order valence-electron chi connectivity index (χ0n) is 12.5. The molecule has 0 aliphatic carbocycles. The Balaban J connectivity index is 1.85. The van der Waals surface area contributed by atoms with E-state index >= 15 is 0 Å². The van der Waals surface area contributed by atoms with Crippen molar-refractivity contribution < 1.29 is 14.3 Å². The van der Waals surface area contributed by atoms with E-state index in [1.165, 1.54) is 12.0 Å². The molecule has 1 aliphatic heterocycles. The number of halogens is 1. The number of nitrogens with zero attached hydrogens (tertiary/aromatic N) is 1. The second kappa shape index (κ2) is 6.30. The van der Waals surface area contributed by atoms with Gasteiger partial charge in [-0.1, -0.05) is 29.8 Å². The predicted molar refractivity (Wildman–Crippen MR) is 89.0 cm³/mol. The van der Waals surface area contributed by atoms with Crippen LogP contribution in [0.15, 0.2) is 48.5 Å². The van der Waals surface area contributed by atoms with Crippen molar-refractivity contribution in [2.75, 3.05) is 17.3 Å². The van der Waals surface area contributed by atoms with Gasteiger partial charge in [0.1, 0.15) is 11.8 Å². The first-order chi connectivity index (χ1) is 11.1. The number of carbonyl (C=O) groups excluding carboxylic acids is 2. The number of anilines is 2. The SMILES string of the molecule is COc1ccccc1N1C(=O)C[C@H](Nc2cccc(Cl)c2)C1=O. The molecule has 0 aromatic heterocycles. The molecular formula is C17H15ClN2O3. The van der Waals surface area contributed by atoms with Crippen LogP contribution in [0.2, 0.25) is 5.02 Å². The summed E-state index contributed by atoms with van der Waals surface area (Å²) in [5, 5.41) is 3.63. The molecule has 118 valence electrons. The first kappa shape index (κ1) is 15.4. The lowest BCUT2D eigenvalue weighted by molar-refractivity contribution is -0.121. The Kier molecular flexibility index (Phi) is 4.21. The van der Waals surface area contributed by atoms with Gasteiger partial charge in [0.25, 0.3) is 5.91 Å². The second-order valence-electron chi connectivity index (χ2n) is 5.15. The van der Waals surface area contributed by atoms with E-state index in [0.29, 0.717) is 22.1 Å². The van der Waals surface area contributed by atoms with Gasteiger partial charge in [-0.3, -0.25) is 9.59 Å². The number of nitrogens with one attached hydrogen (secondary N) is 1. The molecule has 1 N–H and O–H groups in total. The summed E-state index contributed by atoms with van der Waals surface area (Å²) in [6.45, 7) is 0. The molecule has 2 amide bonds. The molecule has 2 aromatic carbocycles. The van der Waals surface area contributed by atoms with Gasteiger partial charge < -0.3 is 10.1 Å². The molecule has 1 heterocycles. The lowest BCUT2D eigenvalue weighted by atomic mass is 10.2. The zero-order valence-corrected chi connectivity index (χ0v) is 13.2. The van der Waals surface area contributed by atoms with Crippen LogP contribution in [-0.2, 0) is 9.59 Å². The molecule has 1 aliphatic rings. The van der Waals surface area contributed by atoms with E-state index in [1.54, 1.807) is 48.5 Å².